The van der Waals surface area contributed by atoms with Crippen LogP contribution in [0, 0.1) is 23.7 Å². The molecule has 170 valence electrons. The van der Waals surface area contributed by atoms with E-state index in [0.717, 1.165) is 43.7 Å². The van der Waals surface area contributed by atoms with E-state index >= 15 is 0 Å². The topological polar surface area (TPSA) is 50.1 Å². The van der Waals surface area contributed by atoms with Crippen molar-refractivity contribution in [2.45, 2.75) is 102 Å². The first kappa shape index (κ1) is 22.4. The fourth-order valence-corrected chi connectivity index (χ4v) is 6.51. The molecule has 1 aliphatic heterocycles. The van der Waals surface area contributed by atoms with Crippen molar-refractivity contribution in [3.8, 4) is 0 Å². The van der Waals surface area contributed by atoms with Crippen LogP contribution in [-0.4, -0.2) is 37.1 Å². The predicted molar refractivity (Wildman–Crippen MR) is 120 cm³/mol. The predicted octanol–water partition coefficient (Wildman–Crippen LogP) is 4.79. The van der Waals surface area contributed by atoms with Gasteiger partial charge in [-0.15, -0.1) is 0 Å². The highest BCUT2D eigenvalue weighted by molar-refractivity contribution is 5.24. The van der Waals surface area contributed by atoms with Crippen molar-refractivity contribution in [2.75, 3.05) is 6.54 Å². The first-order chi connectivity index (χ1) is 14.5. The second-order valence-corrected chi connectivity index (χ2v) is 10.4. The maximum atomic E-state index is 14.9. The van der Waals surface area contributed by atoms with Gasteiger partial charge in [0, 0.05) is 12.1 Å². The lowest BCUT2D eigenvalue weighted by atomic mass is 9.69. The molecule has 4 rings (SSSR count). The maximum Gasteiger partial charge on any atom is 0.122 e. The van der Waals surface area contributed by atoms with Gasteiger partial charge in [0.1, 0.15) is 12.3 Å². The fraction of sp³-hybridized carbons (Fsp3) is 0.840. The number of hydrogen-bond donors (Lipinski definition) is 3. The van der Waals surface area contributed by atoms with Crippen LogP contribution in [0.1, 0.15) is 71.1 Å². The number of alkyl halides is 2. The molecule has 3 nitrogen and oxygen atoms in total. The standard InChI is InChI=1S/C25H41F2N3/c1-16(17-5-2-3-6-17)30-25-14-19(15-29-25)18-9-12-24(28)22(13-18)21-8-4-7-20(26)10-11-23(21)27/h4,7-8,16-20,22-25,29-30H,2-3,5-6,9-15,28H2,1H3/b7-4?,21-8-/t16?,18-,19?,20+,22?,23+,24?,25-/m1/s1. The third-order valence-electron chi connectivity index (χ3n) is 8.44. The summed E-state index contributed by atoms with van der Waals surface area (Å²) in [5, 5.41) is 7.56. The molecule has 3 fully saturated rings. The van der Waals surface area contributed by atoms with Crippen molar-refractivity contribution in [2.24, 2.45) is 29.4 Å². The molecular weight excluding hydrogens is 380 g/mol. The van der Waals surface area contributed by atoms with Gasteiger partial charge in [-0.2, -0.15) is 0 Å². The van der Waals surface area contributed by atoms with Gasteiger partial charge < -0.3 is 11.1 Å². The molecule has 4 unspecified atom stereocenters. The molecule has 0 spiro atoms. The summed E-state index contributed by atoms with van der Waals surface area (Å²) in [6.07, 6.45) is 13.6. The minimum absolute atomic E-state index is 0.0189. The van der Waals surface area contributed by atoms with Gasteiger partial charge in [0.15, 0.2) is 0 Å². The van der Waals surface area contributed by atoms with Crippen LogP contribution in [0.2, 0.25) is 0 Å². The Hall–Kier alpha value is -0.780. The van der Waals surface area contributed by atoms with Gasteiger partial charge in [0.2, 0.25) is 0 Å². The van der Waals surface area contributed by atoms with Gasteiger partial charge in [-0.25, -0.2) is 8.78 Å². The Bertz CT molecular complexity index is 616. The number of rotatable bonds is 5. The molecule has 0 aromatic rings. The van der Waals surface area contributed by atoms with Crippen LogP contribution >= 0.6 is 0 Å². The minimum Gasteiger partial charge on any atom is -0.327 e. The van der Waals surface area contributed by atoms with E-state index in [4.69, 9.17) is 5.73 Å². The Morgan fingerprint density at radius 2 is 1.83 bits per heavy atom. The third kappa shape index (κ3) is 5.34. The molecule has 0 bridgehead atoms. The Morgan fingerprint density at radius 1 is 1.03 bits per heavy atom. The Morgan fingerprint density at radius 3 is 2.63 bits per heavy atom. The number of allylic oxidation sites excluding steroid dienone is 3. The summed E-state index contributed by atoms with van der Waals surface area (Å²) in [7, 11) is 0. The Balaban J connectivity index is 1.35. The number of nitrogens with two attached hydrogens (primary N) is 1. The zero-order valence-corrected chi connectivity index (χ0v) is 18.5. The number of nitrogens with one attached hydrogen (secondary N) is 2. The summed E-state index contributed by atoms with van der Waals surface area (Å²) >= 11 is 0. The van der Waals surface area contributed by atoms with E-state index in [9.17, 15) is 8.78 Å². The molecule has 4 N–H and O–H groups in total. The molecule has 1 heterocycles. The SMILES string of the molecule is CC(N[C@@H]1CC([C@@H]2CCC(N)C(/C3=C/C=C[C@H](F)CC[C@@H]3F)C2)CN1)C1CCCC1. The molecule has 5 heteroatoms. The minimum atomic E-state index is -1.06. The highest BCUT2D eigenvalue weighted by Crippen LogP contribution is 2.41. The summed E-state index contributed by atoms with van der Waals surface area (Å²) in [4.78, 5) is 0. The van der Waals surface area contributed by atoms with Crippen LogP contribution in [0.5, 0.6) is 0 Å². The van der Waals surface area contributed by atoms with Crippen LogP contribution < -0.4 is 16.4 Å². The van der Waals surface area contributed by atoms with E-state index in [2.05, 4.69) is 17.6 Å². The molecule has 4 aliphatic rings. The van der Waals surface area contributed by atoms with Crippen LogP contribution in [0.15, 0.2) is 23.8 Å². The lowest BCUT2D eigenvalue weighted by Gasteiger charge is -2.39. The molecule has 1 saturated heterocycles. The molecule has 8 atom stereocenters. The zero-order chi connectivity index (χ0) is 21.1. The quantitative estimate of drug-likeness (QED) is 0.598. The maximum absolute atomic E-state index is 14.9. The second-order valence-electron chi connectivity index (χ2n) is 10.4. The highest BCUT2D eigenvalue weighted by atomic mass is 19.1. The summed E-state index contributed by atoms with van der Waals surface area (Å²) in [6.45, 7) is 3.39. The smallest absolute Gasteiger partial charge is 0.122 e. The van der Waals surface area contributed by atoms with Gasteiger partial charge in [0.25, 0.3) is 0 Å². The van der Waals surface area contributed by atoms with Gasteiger partial charge in [0.05, 0.1) is 6.17 Å². The van der Waals surface area contributed by atoms with Gasteiger partial charge in [-0.3, -0.25) is 5.32 Å². The first-order valence-corrected chi connectivity index (χ1v) is 12.4. The molecule has 0 aromatic heterocycles. The van der Waals surface area contributed by atoms with E-state index in [0.29, 0.717) is 24.0 Å². The largest absolute Gasteiger partial charge is 0.327 e. The Labute approximate surface area is 181 Å². The molecule has 3 aliphatic carbocycles. The van der Waals surface area contributed by atoms with Gasteiger partial charge >= 0.3 is 0 Å². The van der Waals surface area contributed by atoms with Crippen LogP contribution in [0.4, 0.5) is 8.78 Å². The average Bonchev–Trinajstić information content (AvgIpc) is 3.41. The first-order valence-electron chi connectivity index (χ1n) is 12.4. The lowest BCUT2D eigenvalue weighted by Crippen LogP contribution is -2.45. The molecule has 0 radical (unpaired) electrons. The van der Waals surface area contributed by atoms with Crippen molar-refractivity contribution in [1.82, 2.24) is 10.6 Å². The van der Waals surface area contributed by atoms with Crippen molar-refractivity contribution in [1.29, 1.82) is 0 Å². The van der Waals surface area contributed by atoms with Crippen molar-refractivity contribution < 1.29 is 8.78 Å². The molecule has 30 heavy (non-hydrogen) atoms. The van der Waals surface area contributed by atoms with Crippen LogP contribution in [0.25, 0.3) is 0 Å². The highest BCUT2D eigenvalue weighted by Gasteiger charge is 2.39. The summed E-state index contributed by atoms with van der Waals surface area (Å²) < 4.78 is 28.5. The van der Waals surface area contributed by atoms with Crippen molar-refractivity contribution in [3.63, 3.8) is 0 Å². The van der Waals surface area contributed by atoms with E-state index in [1.165, 1.54) is 25.7 Å². The van der Waals surface area contributed by atoms with Crippen molar-refractivity contribution >= 4 is 0 Å². The normalized spacial score (nSPS) is 43.7. The summed E-state index contributed by atoms with van der Waals surface area (Å²) in [6, 6.07) is 0.597. The monoisotopic (exact) mass is 421 g/mol. The van der Waals surface area contributed by atoms with E-state index in [1.807, 2.05) is 6.08 Å². The molecule has 0 amide bonds. The molecule has 0 aromatic carbocycles. The Kier molecular flexibility index (Phi) is 7.64. The van der Waals surface area contributed by atoms with E-state index in [-0.39, 0.29) is 24.8 Å². The zero-order valence-electron chi connectivity index (χ0n) is 18.5. The van der Waals surface area contributed by atoms with Crippen LogP contribution in [-0.2, 0) is 0 Å². The molecular formula is C25H41F2N3. The van der Waals surface area contributed by atoms with Gasteiger partial charge in [-0.1, -0.05) is 31.1 Å². The van der Waals surface area contributed by atoms with Crippen molar-refractivity contribution in [3.05, 3.63) is 23.8 Å². The van der Waals surface area contributed by atoms with Gasteiger partial charge in [-0.05, 0) is 94.1 Å². The average molecular weight is 422 g/mol. The summed E-state index contributed by atoms with van der Waals surface area (Å²) in [5.74, 6) is 2.13. The lowest BCUT2D eigenvalue weighted by molar-refractivity contribution is 0.179. The number of halogens is 2. The number of hydrogen-bond acceptors (Lipinski definition) is 3. The van der Waals surface area contributed by atoms with E-state index < -0.39 is 12.3 Å². The van der Waals surface area contributed by atoms with Crippen LogP contribution in [0.3, 0.4) is 0 Å². The molecule has 2 saturated carbocycles. The fourth-order valence-electron chi connectivity index (χ4n) is 6.51. The van der Waals surface area contributed by atoms with E-state index in [1.54, 1.807) is 12.2 Å². The second kappa shape index (κ2) is 10.2. The summed E-state index contributed by atoms with van der Waals surface area (Å²) in [5.41, 5.74) is 7.29. The third-order valence-corrected chi connectivity index (χ3v) is 8.44.